The molecule has 0 spiro atoms. The number of sulfone groups is 1. The van der Waals surface area contributed by atoms with Crippen LogP contribution in [-0.4, -0.2) is 44.1 Å². The Morgan fingerprint density at radius 3 is 2.21 bits per heavy atom. The van der Waals surface area contributed by atoms with Gasteiger partial charge < -0.3 is 9.64 Å². The van der Waals surface area contributed by atoms with Gasteiger partial charge in [0.2, 0.25) is 5.91 Å². The molecule has 0 saturated heterocycles. The molecule has 2 rings (SSSR count). The highest BCUT2D eigenvalue weighted by Gasteiger charge is 2.26. The molecule has 0 N–H and O–H groups in total. The Kier molecular flexibility index (Phi) is 8.15. The minimum Gasteiger partial charge on any atom is -0.463 e. The third-order valence-electron chi connectivity index (χ3n) is 4.33. The van der Waals surface area contributed by atoms with Crippen LogP contribution >= 0.6 is 0 Å². The number of hydrogen-bond acceptors (Lipinski definition) is 5. The summed E-state index contributed by atoms with van der Waals surface area (Å²) in [6.07, 6.45) is 2.75. The van der Waals surface area contributed by atoms with E-state index in [4.69, 9.17) is 4.74 Å². The van der Waals surface area contributed by atoms with Gasteiger partial charge in [0.05, 0.1) is 17.5 Å². The highest BCUT2D eigenvalue weighted by atomic mass is 32.2. The zero-order valence-corrected chi connectivity index (χ0v) is 17.3. The summed E-state index contributed by atoms with van der Waals surface area (Å²) in [4.78, 5) is 26.0. The topological polar surface area (TPSA) is 80.8 Å². The average Bonchev–Trinajstić information content (AvgIpc) is 2.72. The lowest BCUT2D eigenvalue weighted by Crippen LogP contribution is -2.38. The summed E-state index contributed by atoms with van der Waals surface area (Å²) in [5.41, 5.74) is 0.863. The van der Waals surface area contributed by atoms with E-state index in [-0.39, 0.29) is 24.1 Å². The summed E-state index contributed by atoms with van der Waals surface area (Å²) in [5.74, 6) is -1.70. The number of carbonyl (C=O) groups is 2. The molecule has 0 fully saturated rings. The molecule has 7 heteroatoms. The van der Waals surface area contributed by atoms with Crippen LogP contribution in [0.1, 0.15) is 25.5 Å². The number of esters is 1. The van der Waals surface area contributed by atoms with Crippen molar-refractivity contribution in [3.8, 4) is 0 Å². The highest BCUT2D eigenvalue weighted by Crippen LogP contribution is 2.21. The van der Waals surface area contributed by atoms with E-state index in [1.807, 2.05) is 37.3 Å². The zero-order valence-electron chi connectivity index (χ0n) is 16.5. The van der Waals surface area contributed by atoms with Crippen LogP contribution in [0, 0.1) is 0 Å². The molecule has 0 aromatic heterocycles. The second-order valence-corrected chi connectivity index (χ2v) is 8.35. The molecule has 0 aliphatic carbocycles. The van der Waals surface area contributed by atoms with Crippen molar-refractivity contribution in [3.05, 3.63) is 78.4 Å². The summed E-state index contributed by atoms with van der Waals surface area (Å²) in [6.45, 7) is 3.85. The first-order valence-electron chi connectivity index (χ1n) is 9.30. The fraction of sp³-hybridized carbons (Fsp3) is 0.273. The van der Waals surface area contributed by atoms with Gasteiger partial charge >= 0.3 is 5.97 Å². The molecule has 0 heterocycles. The Morgan fingerprint density at radius 2 is 1.62 bits per heavy atom. The second-order valence-electron chi connectivity index (χ2n) is 6.36. The van der Waals surface area contributed by atoms with Crippen molar-refractivity contribution in [1.82, 2.24) is 4.90 Å². The molecular weight excluding hydrogens is 390 g/mol. The normalized spacial score (nSPS) is 12.5. The molecule has 0 saturated carbocycles. The molecule has 6 nitrogen and oxygen atoms in total. The largest absolute Gasteiger partial charge is 0.463 e. The van der Waals surface area contributed by atoms with Crippen LogP contribution in [0.4, 0.5) is 0 Å². The average molecular weight is 416 g/mol. The van der Waals surface area contributed by atoms with E-state index in [1.54, 1.807) is 25.1 Å². The summed E-state index contributed by atoms with van der Waals surface area (Å²) >= 11 is 0. The zero-order chi connectivity index (χ0) is 21.3. The van der Waals surface area contributed by atoms with Gasteiger partial charge in [-0.15, -0.1) is 0 Å². The maximum Gasteiger partial charge on any atom is 0.330 e. The summed E-state index contributed by atoms with van der Waals surface area (Å²) < 4.78 is 30.1. The number of carbonyl (C=O) groups excluding carboxylic acids is 2. The predicted octanol–water partition coefficient (Wildman–Crippen LogP) is 3.17. The molecule has 0 bridgehead atoms. The Hall–Kier alpha value is -2.93. The second kappa shape index (κ2) is 10.6. The predicted molar refractivity (Wildman–Crippen MR) is 111 cm³/mol. The molecular formula is C22H25NO5S. The van der Waals surface area contributed by atoms with Gasteiger partial charge in [0.15, 0.2) is 9.84 Å². The first-order valence-corrected chi connectivity index (χ1v) is 11.0. The number of benzene rings is 2. The van der Waals surface area contributed by atoms with Crippen LogP contribution in [0.5, 0.6) is 0 Å². The molecule has 0 unspecified atom stereocenters. The lowest BCUT2D eigenvalue weighted by atomic mass is 10.1. The third kappa shape index (κ3) is 6.57. The fourth-order valence-corrected chi connectivity index (χ4v) is 4.03. The van der Waals surface area contributed by atoms with E-state index < -0.39 is 27.5 Å². The molecule has 0 aliphatic rings. The quantitative estimate of drug-likeness (QED) is 0.464. The highest BCUT2D eigenvalue weighted by molar-refractivity contribution is 7.92. The third-order valence-corrected chi connectivity index (χ3v) is 5.95. The molecule has 154 valence electrons. The van der Waals surface area contributed by atoms with E-state index in [0.29, 0.717) is 0 Å². The maximum atomic E-state index is 12.9. The van der Waals surface area contributed by atoms with Gasteiger partial charge in [-0.25, -0.2) is 13.2 Å². The number of amides is 1. The maximum absolute atomic E-state index is 12.9. The Morgan fingerprint density at radius 1 is 1.03 bits per heavy atom. The lowest BCUT2D eigenvalue weighted by molar-refractivity contribution is -0.137. The van der Waals surface area contributed by atoms with Gasteiger partial charge in [-0.3, -0.25) is 4.79 Å². The number of rotatable bonds is 9. The van der Waals surface area contributed by atoms with Gasteiger partial charge in [0.1, 0.15) is 5.75 Å². The summed E-state index contributed by atoms with van der Waals surface area (Å²) in [5, 5.41) is 0. The van der Waals surface area contributed by atoms with Crippen molar-refractivity contribution in [1.29, 1.82) is 0 Å². The van der Waals surface area contributed by atoms with Crippen LogP contribution in [0.15, 0.2) is 77.7 Å². The van der Waals surface area contributed by atoms with E-state index in [2.05, 4.69) is 0 Å². The van der Waals surface area contributed by atoms with E-state index in [1.165, 1.54) is 29.2 Å². The first-order chi connectivity index (χ1) is 13.8. The van der Waals surface area contributed by atoms with Crippen molar-refractivity contribution in [2.45, 2.75) is 24.8 Å². The van der Waals surface area contributed by atoms with Crippen molar-refractivity contribution >= 4 is 21.7 Å². The van der Waals surface area contributed by atoms with Crippen LogP contribution < -0.4 is 0 Å². The van der Waals surface area contributed by atoms with Gasteiger partial charge in [0.25, 0.3) is 0 Å². The standard InChI is InChI=1S/C22H25NO5S/c1-3-28-22(25)15-10-16-23(18(2)19-11-6-4-7-12-19)21(24)17-29(26,27)20-13-8-5-9-14-20/h4-15,18H,3,16-17H2,1-2H3/b15-10-/t18-/m1/s1. The van der Waals surface area contributed by atoms with Crippen molar-refractivity contribution in [3.63, 3.8) is 0 Å². The number of ether oxygens (including phenoxy) is 1. The Labute approximate surface area is 171 Å². The molecule has 29 heavy (non-hydrogen) atoms. The Balaban J connectivity index is 2.23. The van der Waals surface area contributed by atoms with Gasteiger partial charge in [-0.2, -0.15) is 0 Å². The Bertz CT molecular complexity index is 940. The molecule has 0 aliphatic heterocycles. The van der Waals surface area contributed by atoms with E-state index >= 15 is 0 Å². The van der Waals surface area contributed by atoms with Crippen LogP contribution in [-0.2, 0) is 24.2 Å². The SMILES string of the molecule is CCOC(=O)/C=C\CN(C(=O)CS(=O)(=O)c1ccccc1)[C@H](C)c1ccccc1. The molecule has 0 radical (unpaired) electrons. The van der Waals surface area contributed by atoms with E-state index in [0.717, 1.165) is 5.56 Å². The fourth-order valence-electron chi connectivity index (χ4n) is 2.80. The van der Waals surface area contributed by atoms with Crippen LogP contribution in [0.25, 0.3) is 0 Å². The van der Waals surface area contributed by atoms with E-state index in [9.17, 15) is 18.0 Å². The molecule has 1 amide bonds. The summed E-state index contributed by atoms with van der Waals surface area (Å²) in [7, 11) is -3.78. The number of hydrogen-bond donors (Lipinski definition) is 0. The number of nitrogens with zero attached hydrogens (tertiary/aromatic N) is 1. The van der Waals surface area contributed by atoms with Crippen LogP contribution in [0.2, 0.25) is 0 Å². The van der Waals surface area contributed by atoms with Gasteiger partial charge in [-0.1, -0.05) is 54.6 Å². The lowest BCUT2D eigenvalue weighted by Gasteiger charge is -2.28. The minimum absolute atomic E-state index is 0.0814. The smallest absolute Gasteiger partial charge is 0.330 e. The monoisotopic (exact) mass is 415 g/mol. The summed E-state index contributed by atoms with van der Waals surface area (Å²) in [6, 6.07) is 16.8. The minimum atomic E-state index is -3.78. The van der Waals surface area contributed by atoms with Crippen LogP contribution in [0.3, 0.4) is 0 Å². The van der Waals surface area contributed by atoms with Crippen molar-refractivity contribution in [2.75, 3.05) is 18.9 Å². The molecule has 2 aromatic carbocycles. The molecule has 1 atom stereocenters. The van der Waals surface area contributed by atoms with Crippen molar-refractivity contribution < 1.29 is 22.7 Å². The van der Waals surface area contributed by atoms with Gasteiger partial charge in [-0.05, 0) is 31.5 Å². The first kappa shape index (κ1) is 22.4. The van der Waals surface area contributed by atoms with Crippen molar-refractivity contribution in [2.24, 2.45) is 0 Å². The van der Waals surface area contributed by atoms with Gasteiger partial charge in [0, 0.05) is 12.6 Å². The molecule has 2 aromatic rings.